The number of benzene rings is 2. The second-order valence-corrected chi connectivity index (χ2v) is 4.78. The van der Waals surface area contributed by atoms with Crippen LogP contribution in [-0.2, 0) is 0 Å². The summed E-state index contributed by atoms with van der Waals surface area (Å²) in [6.07, 6.45) is 2.23. The van der Waals surface area contributed by atoms with E-state index in [2.05, 4.69) is 36.5 Å². The Kier molecular flexibility index (Phi) is 4.66. The maximum Gasteiger partial charge on any atom is 0.0637 e. The van der Waals surface area contributed by atoms with Gasteiger partial charge in [0.15, 0.2) is 0 Å². The molecule has 0 bridgehead atoms. The molecule has 1 unspecified atom stereocenters. The second-order valence-electron chi connectivity index (χ2n) is 4.38. The van der Waals surface area contributed by atoms with Crippen LogP contribution >= 0.6 is 11.6 Å². The van der Waals surface area contributed by atoms with Gasteiger partial charge in [0, 0.05) is 0 Å². The van der Waals surface area contributed by atoms with E-state index in [0.29, 0.717) is 6.04 Å². The highest BCUT2D eigenvalue weighted by Gasteiger charge is 2.11. The fourth-order valence-electron chi connectivity index (χ4n) is 2.06. The molecule has 18 heavy (non-hydrogen) atoms. The van der Waals surface area contributed by atoms with Crippen molar-refractivity contribution < 1.29 is 0 Å². The van der Waals surface area contributed by atoms with Crippen molar-refractivity contribution in [2.24, 2.45) is 0 Å². The third-order valence-electron chi connectivity index (χ3n) is 2.98. The average Bonchev–Trinajstić information content (AvgIpc) is 2.42. The summed E-state index contributed by atoms with van der Waals surface area (Å²) in [7, 11) is 0. The van der Waals surface area contributed by atoms with E-state index in [9.17, 15) is 0 Å². The molecule has 0 spiro atoms. The monoisotopic (exact) mass is 259 g/mol. The van der Waals surface area contributed by atoms with Crippen LogP contribution in [0.2, 0.25) is 5.02 Å². The Bertz CT molecular complexity index is 481. The molecule has 0 aliphatic rings. The molecule has 0 amide bonds. The molecule has 2 rings (SSSR count). The molecule has 0 saturated carbocycles. The minimum Gasteiger partial charge on any atom is -0.377 e. The first-order valence-electron chi connectivity index (χ1n) is 6.37. The van der Waals surface area contributed by atoms with Crippen LogP contribution in [0.15, 0.2) is 54.6 Å². The van der Waals surface area contributed by atoms with E-state index in [1.54, 1.807) is 0 Å². The van der Waals surface area contributed by atoms with Crippen LogP contribution in [0.3, 0.4) is 0 Å². The van der Waals surface area contributed by atoms with Crippen molar-refractivity contribution in [3.8, 4) is 0 Å². The summed E-state index contributed by atoms with van der Waals surface area (Å²) in [5, 5.41) is 4.31. The van der Waals surface area contributed by atoms with Gasteiger partial charge in [-0.3, -0.25) is 0 Å². The molecule has 2 aromatic rings. The van der Waals surface area contributed by atoms with Gasteiger partial charge in [-0.05, 0) is 24.1 Å². The highest BCUT2D eigenvalue weighted by molar-refractivity contribution is 6.33. The van der Waals surface area contributed by atoms with Crippen LogP contribution in [0, 0.1) is 0 Å². The largest absolute Gasteiger partial charge is 0.377 e. The molecule has 1 atom stereocenters. The second kappa shape index (κ2) is 6.46. The van der Waals surface area contributed by atoms with Gasteiger partial charge in [0.25, 0.3) is 0 Å². The van der Waals surface area contributed by atoms with Gasteiger partial charge in [-0.25, -0.2) is 0 Å². The van der Waals surface area contributed by atoms with Crippen molar-refractivity contribution >= 4 is 17.3 Å². The van der Waals surface area contributed by atoms with Gasteiger partial charge in [0.2, 0.25) is 0 Å². The maximum absolute atomic E-state index is 6.19. The number of halogens is 1. The predicted molar refractivity (Wildman–Crippen MR) is 79.2 cm³/mol. The van der Waals surface area contributed by atoms with Gasteiger partial charge in [-0.2, -0.15) is 0 Å². The van der Waals surface area contributed by atoms with E-state index >= 15 is 0 Å². The molecule has 0 radical (unpaired) electrons. The number of nitrogens with one attached hydrogen (secondary N) is 1. The third kappa shape index (κ3) is 3.27. The SMILES string of the molecule is CCCC(Nc1ccccc1Cl)c1ccccc1. The van der Waals surface area contributed by atoms with Crippen molar-refractivity contribution in [2.75, 3.05) is 5.32 Å². The van der Waals surface area contributed by atoms with Crippen LogP contribution in [0.4, 0.5) is 5.69 Å². The summed E-state index contributed by atoms with van der Waals surface area (Å²) in [6, 6.07) is 18.7. The van der Waals surface area contributed by atoms with Gasteiger partial charge in [-0.1, -0.05) is 67.4 Å². The zero-order valence-corrected chi connectivity index (χ0v) is 11.3. The van der Waals surface area contributed by atoms with E-state index in [4.69, 9.17) is 11.6 Å². The normalized spacial score (nSPS) is 12.1. The van der Waals surface area contributed by atoms with Crippen LogP contribution in [-0.4, -0.2) is 0 Å². The zero-order valence-electron chi connectivity index (χ0n) is 10.6. The topological polar surface area (TPSA) is 12.0 Å². The molecular formula is C16H18ClN. The first-order valence-corrected chi connectivity index (χ1v) is 6.75. The Morgan fingerprint density at radius 3 is 2.33 bits per heavy atom. The Morgan fingerprint density at radius 1 is 1.00 bits per heavy atom. The van der Waals surface area contributed by atoms with Gasteiger partial charge in [0.05, 0.1) is 16.8 Å². The first-order chi connectivity index (χ1) is 8.81. The fraction of sp³-hybridized carbons (Fsp3) is 0.250. The summed E-state index contributed by atoms with van der Waals surface area (Å²) in [5.41, 5.74) is 2.31. The molecule has 2 aromatic carbocycles. The summed E-state index contributed by atoms with van der Waals surface area (Å²) in [5.74, 6) is 0. The lowest BCUT2D eigenvalue weighted by atomic mass is 10.0. The number of anilines is 1. The fourth-order valence-corrected chi connectivity index (χ4v) is 2.25. The summed E-state index contributed by atoms with van der Waals surface area (Å²) >= 11 is 6.19. The van der Waals surface area contributed by atoms with Crippen molar-refractivity contribution in [2.45, 2.75) is 25.8 Å². The lowest BCUT2D eigenvalue weighted by Gasteiger charge is -2.20. The molecule has 2 heteroatoms. The van der Waals surface area contributed by atoms with Crippen LogP contribution in [0.5, 0.6) is 0 Å². The molecule has 1 N–H and O–H groups in total. The summed E-state index contributed by atoms with van der Waals surface area (Å²) < 4.78 is 0. The Morgan fingerprint density at radius 2 is 1.67 bits per heavy atom. The minimum absolute atomic E-state index is 0.316. The van der Waals surface area contributed by atoms with Gasteiger partial charge in [0.1, 0.15) is 0 Å². The molecule has 0 saturated heterocycles. The lowest BCUT2D eigenvalue weighted by Crippen LogP contribution is -2.10. The van der Waals surface area contributed by atoms with E-state index in [1.807, 2.05) is 30.3 Å². The average molecular weight is 260 g/mol. The standard InChI is InChI=1S/C16H18ClN/c1-2-8-15(13-9-4-3-5-10-13)18-16-12-7-6-11-14(16)17/h3-7,9-12,15,18H,2,8H2,1H3. The highest BCUT2D eigenvalue weighted by atomic mass is 35.5. The molecule has 0 aliphatic heterocycles. The first kappa shape index (κ1) is 13.0. The van der Waals surface area contributed by atoms with Crippen molar-refractivity contribution in [1.82, 2.24) is 0 Å². The van der Waals surface area contributed by atoms with Crippen molar-refractivity contribution in [3.05, 3.63) is 65.2 Å². The number of hydrogen-bond donors (Lipinski definition) is 1. The van der Waals surface area contributed by atoms with Gasteiger partial charge < -0.3 is 5.32 Å². The zero-order chi connectivity index (χ0) is 12.8. The Labute approximate surface area is 114 Å². The summed E-state index contributed by atoms with van der Waals surface area (Å²) in [6.45, 7) is 2.20. The molecule has 0 fully saturated rings. The number of rotatable bonds is 5. The predicted octanol–water partition coefficient (Wildman–Crippen LogP) is 5.29. The molecule has 0 aliphatic carbocycles. The number of para-hydroxylation sites is 1. The Balaban J connectivity index is 2.19. The highest BCUT2D eigenvalue weighted by Crippen LogP contribution is 2.28. The van der Waals surface area contributed by atoms with E-state index in [-0.39, 0.29) is 0 Å². The van der Waals surface area contributed by atoms with Gasteiger partial charge in [-0.15, -0.1) is 0 Å². The molecule has 0 heterocycles. The van der Waals surface area contributed by atoms with E-state index in [1.165, 1.54) is 5.56 Å². The van der Waals surface area contributed by atoms with Gasteiger partial charge >= 0.3 is 0 Å². The minimum atomic E-state index is 0.316. The third-order valence-corrected chi connectivity index (χ3v) is 3.31. The van der Waals surface area contributed by atoms with Crippen molar-refractivity contribution in [3.63, 3.8) is 0 Å². The molecular weight excluding hydrogens is 242 g/mol. The van der Waals surface area contributed by atoms with Crippen LogP contribution < -0.4 is 5.32 Å². The smallest absolute Gasteiger partial charge is 0.0637 e. The number of hydrogen-bond acceptors (Lipinski definition) is 1. The lowest BCUT2D eigenvalue weighted by molar-refractivity contribution is 0.678. The van der Waals surface area contributed by atoms with E-state index in [0.717, 1.165) is 23.6 Å². The van der Waals surface area contributed by atoms with Crippen LogP contribution in [0.25, 0.3) is 0 Å². The van der Waals surface area contributed by atoms with E-state index < -0.39 is 0 Å². The quantitative estimate of drug-likeness (QED) is 0.769. The Hall–Kier alpha value is -1.47. The molecule has 0 aromatic heterocycles. The van der Waals surface area contributed by atoms with Crippen LogP contribution in [0.1, 0.15) is 31.4 Å². The summed E-state index contributed by atoms with van der Waals surface area (Å²) in [4.78, 5) is 0. The maximum atomic E-state index is 6.19. The van der Waals surface area contributed by atoms with Crippen molar-refractivity contribution in [1.29, 1.82) is 0 Å². The molecule has 94 valence electrons. The molecule has 1 nitrogen and oxygen atoms in total.